The van der Waals surface area contributed by atoms with E-state index in [9.17, 15) is 0 Å². The highest BCUT2D eigenvalue weighted by Crippen LogP contribution is 2.25. The van der Waals surface area contributed by atoms with Gasteiger partial charge in [0.05, 0.1) is 0 Å². The summed E-state index contributed by atoms with van der Waals surface area (Å²) in [7, 11) is 1.91. The summed E-state index contributed by atoms with van der Waals surface area (Å²) in [5.74, 6) is 0.853. The minimum Gasteiger partial charge on any atom is -0.311 e. The van der Waals surface area contributed by atoms with Crippen molar-refractivity contribution in [2.45, 2.75) is 29.9 Å². The van der Waals surface area contributed by atoms with Gasteiger partial charge in [-0.25, -0.2) is 9.97 Å². The summed E-state index contributed by atoms with van der Waals surface area (Å²) in [6.07, 6.45) is 3.59. The zero-order chi connectivity index (χ0) is 12.3. The van der Waals surface area contributed by atoms with E-state index >= 15 is 0 Å². The highest BCUT2D eigenvalue weighted by atomic mass is 79.9. The minimum absolute atomic E-state index is 0.806. The molecule has 0 unspecified atom stereocenters. The van der Waals surface area contributed by atoms with Gasteiger partial charge in [0, 0.05) is 19.5 Å². The van der Waals surface area contributed by atoms with Crippen molar-refractivity contribution in [2.24, 2.45) is 7.05 Å². The second kappa shape index (κ2) is 5.59. The van der Waals surface area contributed by atoms with Crippen molar-refractivity contribution in [1.29, 1.82) is 0 Å². The van der Waals surface area contributed by atoms with Gasteiger partial charge in [-0.1, -0.05) is 6.92 Å². The standard InChI is InChI=1S/C10H12BrN5S/c1-3-4-8-13-7(11)5-9(14-8)17-10-15-12-6-16(10)2/h5-6H,3-4H2,1-2H3. The predicted octanol–water partition coefficient (Wildman–Crippen LogP) is 2.47. The first kappa shape index (κ1) is 12.5. The molecule has 0 saturated carbocycles. The fourth-order valence-corrected chi connectivity index (χ4v) is 2.65. The van der Waals surface area contributed by atoms with Crippen LogP contribution in [-0.4, -0.2) is 24.7 Å². The second-order valence-electron chi connectivity index (χ2n) is 3.52. The summed E-state index contributed by atoms with van der Waals surface area (Å²) in [5.41, 5.74) is 0. The Morgan fingerprint density at radius 1 is 1.41 bits per heavy atom. The zero-order valence-electron chi connectivity index (χ0n) is 9.59. The molecule has 0 radical (unpaired) electrons. The molecule has 0 N–H and O–H groups in total. The fourth-order valence-electron chi connectivity index (χ4n) is 1.29. The van der Waals surface area contributed by atoms with E-state index in [1.165, 1.54) is 11.8 Å². The van der Waals surface area contributed by atoms with Crippen LogP contribution in [0, 0.1) is 0 Å². The molecule has 5 nitrogen and oxygen atoms in total. The smallest absolute Gasteiger partial charge is 0.197 e. The number of rotatable bonds is 4. The zero-order valence-corrected chi connectivity index (χ0v) is 12.0. The third-order valence-electron chi connectivity index (χ3n) is 2.06. The van der Waals surface area contributed by atoms with Gasteiger partial charge in [0.2, 0.25) is 0 Å². The van der Waals surface area contributed by atoms with Crippen LogP contribution in [0.4, 0.5) is 0 Å². The molecule has 2 aromatic rings. The van der Waals surface area contributed by atoms with Gasteiger partial charge in [0.25, 0.3) is 0 Å². The Balaban J connectivity index is 2.23. The largest absolute Gasteiger partial charge is 0.311 e. The van der Waals surface area contributed by atoms with Crippen molar-refractivity contribution < 1.29 is 0 Å². The molecule has 0 fully saturated rings. The molecule has 17 heavy (non-hydrogen) atoms. The number of hydrogen-bond donors (Lipinski definition) is 0. The van der Waals surface area contributed by atoms with Gasteiger partial charge in [-0.2, -0.15) is 0 Å². The van der Waals surface area contributed by atoms with Crippen LogP contribution >= 0.6 is 27.7 Å². The lowest BCUT2D eigenvalue weighted by Gasteiger charge is -2.03. The predicted molar refractivity (Wildman–Crippen MR) is 68.9 cm³/mol. The topological polar surface area (TPSA) is 56.5 Å². The Morgan fingerprint density at radius 2 is 2.24 bits per heavy atom. The first-order chi connectivity index (χ1) is 8.19. The van der Waals surface area contributed by atoms with E-state index in [-0.39, 0.29) is 0 Å². The Labute approximate surface area is 112 Å². The molecule has 0 saturated heterocycles. The Bertz CT molecular complexity index is 513. The summed E-state index contributed by atoms with van der Waals surface area (Å²) in [6, 6.07) is 1.89. The molecular weight excluding hydrogens is 302 g/mol. The van der Waals surface area contributed by atoms with Crippen LogP contribution in [0.2, 0.25) is 0 Å². The molecule has 0 bridgehead atoms. The lowest BCUT2D eigenvalue weighted by Crippen LogP contribution is -1.97. The quantitative estimate of drug-likeness (QED) is 0.812. The Hall–Kier alpha value is -0.950. The average Bonchev–Trinajstić information content (AvgIpc) is 2.64. The Morgan fingerprint density at radius 3 is 2.88 bits per heavy atom. The molecule has 0 aromatic carbocycles. The summed E-state index contributed by atoms with van der Waals surface area (Å²) < 4.78 is 2.67. The van der Waals surface area contributed by atoms with Crippen LogP contribution in [0.1, 0.15) is 19.2 Å². The molecule has 0 aliphatic heterocycles. The fraction of sp³-hybridized carbons (Fsp3) is 0.400. The van der Waals surface area contributed by atoms with E-state index in [0.29, 0.717) is 0 Å². The molecular formula is C10H12BrN5S. The van der Waals surface area contributed by atoms with Crippen LogP contribution in [0.25, 0.3) is 0 Å². The first-order valence-electron chi connectivity index (χ1n) is 5.24. The lowest BCUT2D eigenvalue weighted by molar-refractivity contribution is 0.778. The van der Waals surface area contributed by atoms with Crippen LogP contribution in [0.3, 0.4) is 0 Å². The SMILES string of the molecule is CCCc1nc(Br)cc(Sc2nncn2C)n1. The number of aryl methyl sites for hydroxylation is 2. The van der Waals surface area contributed by atoms with E-state index < -0.39 is 0 Å². The number of nitrogens with zero attached hydrogens (tertiary/aromatic N) is 5. The van der Waals surface area contributed by atoms with Crippen LogP contribution in [0.5, 0.6) is 0 Å². The highest BCUT2D eigenvalue weighted by molar-refractivity contribution is 9.10. The van der Waals surface area contributed by atoms with Crippen molar-refractivity contribution in [1.82, 2.24) is 24.7 Å². The average molecular weight is 314 g/mol. The molecule has 0 spiro atoms. The summed E-state index contributed by atoms with van der Waals surface area (Å²) in [6.45, 7) is 2.11. The van der Waals surface area contributed by atoms with Gasteiger partial charge >= 0.3 is 0 Å². The monoisotopic (exact) mass is 313 g/mol. The van der Waals surface area contributed by atoms with Crippen molar-refractivity contribution >= 4 is 27.7 Å². The van der Waals surface area contributed by atoms with Gasteiger partial charge in [0.1, 0.15) is 21.8 Å². The minimum atomic E-state index is 0.806. The molecule has 90 valence electrons. The van der Waals surface area contributed by atoms with Gasteiger partial charge in [-0.3, -0.25) is 0 Å². The van der Waals surface area contributed by atoms with Crippen molar-refractivity contribution in [3.63, 3.8) is 0 Å². The molecule has 0 aliphatic rings. The molecule has 0 aliphatic carbocycles. The number of hydrogen-bond acceptors (Lipinski definition) is 5. The maximum Gasteiger partial charge on any atom is 0.197 e. The summed E-state index contributed by atoms with van der Waals surface area (Å²) in [5, 5.41) is 9.55. The maximum atomic E-state index is 4.48. The molecule has 7 heteroatoms. The van der Waals surface area contributed by atoms with Crippen LogP contribution in [-0.2, 0) is 13.5 Å². The van der Waals surface area contributed by atoms with Crippen molar-refractivity contribution in [3.05, 3.63) is 22.8 Å². The van der Waals surface area contributed by atoms with Gasteiger partial charge < -0.3 is 4.57 Å². The van der Waals surface area contributed by atoms with Gasteiger partial charge in [0.15, 0.2) is 5.16 Å². The van der Waals surface area contributed by atoms with E-state index in [0.717, 1.165) is 33.5 Å². The third kappa shape index (κ3) is 3.26. The van der Waals surface area contributed by atoms with E-state index in [4.69, 9.17) is 0 Å². The van der Waals surface area contributed by atoms with Gasteiger partial charge in [-0.05, 0) is 34.1 Å². The normalized spacial score (nSPS) is 10.8. The van der Waals surface area contributed by atoms with Crippen molar-refractivity contribution in [3.8, 4) is 0 Å². The molecule has 2 heterocycles. The summed E-state index contributed by atoms with van der Waals surface area (Å²) >= 11 is 4.88. The first-order valence-corrected chi connectivity index (χ1v) is 6.85. The second-order valence-corrected chi connectivity index (χ2v) is 5.32. The van der Waals surface area contributed by atoms with E-state index in [2.05, 4.69) is 43.0 Å². The van der Waals surface area contributed by atoms with Crippen LogP contribution in [0.15, 0.2) is 27.2 Å². The van der Waals surface area contributed by atoms with Crippen LogP contribution < -0.4 is 0 Å². The number of halogens is 1. The lowest BCUT2D eigenvalue weighted by atomic mass is 10.3. The van der Waals surface area contributed by atoms with E-state index in [1.807, 2.05) is 17.7 Å². The number of aromatic nitrogens is 5. The van der Waals surface area contributed by atoms with E-state index in [1.54, 1.807) is 6.33 Å². The molecule has 0 atom stereocenters. The molecule has 2 aromatic heterocycles. The summed E-state index contributed by atoms with van der Waals surface area (Å²) in [4.78, 5) is 8.80. The van der Waals surface area contributed by atoms with Crippen molar-refractivity contribution in [2.75, 3.05) is 0 Å². The maximum absolute atomic E-state index is 4.48. The molecule has 2 rings (SSSR count). The Kier molecular flexibility index (Phi) is 4.11. The van der Waals surface area contributed by atoms with Gasteiger partial charge in [-0.15, -0.1) is 10.2 Å². The third-order valence-corrected chi connectivity index (χ3v) is 3.43. The molecule has 0 amide bonds. The highest BCUT2D eigenvalue weighted by Gasteiger charge is 2.08.